The summed E-state index contributed by atoms with van der Waals surface area (Å²) in [7, 11) is 0. The molecule has 2 rings (SSSR count). The van der Waals surface area contributed by atoms with E-state index in [4.69, 9.17) is 4.42 Å². The molecule has 0 unspecified atom stereocenters. The predicted molar refractivity (Wildman–Crippen MR) is 84.0 cm³/mol. The molecular formula is C16H24N4O. The second-order valence-corrected chi connectivity index (χ2v) is 5.07. The van der Waals surface area contributed by atoms with E-state index in [2.05, 4.69) is 47.3 Å². The zero-order chi connectivity index (χ0) is 15.1. The molecule has 0 aliphatic rings. The van der Waals surface area contributed by atoms with Gasteiger partial charge in [0.2, 0.25) is 11.8 Å². The zero-order valence-electron chi connectivity index (χ0n) is 13.1. The van der Waals surface area contributed by atoms with E-state index in [1.807, 2.05) is 18.2 Å². The van der Waals surface area contributed by atoms with Crippen LogP contribution in [0.25, 0.3) is 11.5 Å². The smallest absolute Gasteiger partial charge is 0.247 e. The number of benzene rings is 1. The number of rotatable bonds is 8. The lowest BCUT2D eigenvalue weighted by Crippen LogP contribution is -2.31. The van der Waals surface area contributed by atoms with Crippen LogP contribution in [-0.4, -0.2) is 41.3 Å². The number of hydrogen-bond donors (Lipinski definition) is 1. The highest BCUT2D eigenvalue weighted by molar-refractivity contribution is 5.53. The summed E-state index contributed by atoms with van der Waals surface area (Å²) in [5, 5.41) is 11.5. The third kappa shape index (κ3) is 4.65. The molecule has 0 atom stereocenters. The van der Waals surface area contributed by atoms with Crippen LogP contribution in [0.2, 0.25) is 0 Å². The van der Waals surface area contributed by atoms with Gasteiger partial charge in [-0.2, -0.15) is 0 Å². The Kier molecular flexibility index (Phi) is 5.90. The number of aryl methyl sites for hydroxylation is 1. The molecular weight excluding hydrogens is 264 g/mol. The maximum atomic E-state index is 5.69. The number of nitrogens with zero attached hydrogens (tertiary/aromatic N) is 3. The Morgan fingerprint density at radius 1 is 1.19 bits per heavy atom. The molecule has 0 saturated carbocycles. The monoisotopic (exact) mass is 288 g/mol. The molecule has 1 aromatic heterocycles. The lowest BCUT2D eigenvalue weighted by atomic mass is 10.1. The highest BCUT2D eigenvalue weighted by Gasteiger charge is 2.08. The molecule has 1 heterocycles. The molecule has 0 spiro atoms. The van der Waals surface area contributed by atoms with Crippen LogP contribution in [-0.2, 0) is 6.54 Å². The minimum atomic E-state index is 0.583. The third-order valence-corrected chi connectivity index (χ3v) is 3.51. The molecule has 0 saturated heterocycles. The van der Waals surface area contributed by atoms with Gasteiger partial charge >= 0.3 is 0 Å². The highest BCUT2D eigenvalue weighted by Crippen LogP contribution is 2.18. The average molecular weight is 288 g/mol. The van der Waals surface area contributed by atoms with Crippen molar-refractivity contribution in [1.82, 2.24) is 20.4 Å². The molecule has 0 aliphatic carbocycles. The Morgan fingerprint density at radius 3 is 2.71 bits per heavy atom. The van der Waals surface area contributed by atoms with Crippen LogP contribution in [0.1, 0.15) is 25.3 Å². The van der Waals surface area contributed by atoms with E-state index in [9.17, 15) is 0 Å². The standard InChI is InChI=1S/C16H24N4O/c1-4-20(5-2)10-9-17-12-15-18-19-16(21-15)14-8-6-7-13(3)11-14/h6-8,11,17H,4-5,9-10,12H2,1-3H3. The topological polar surface area (TPSA) is 54.2 Å². The summed E-state index contributed by atoms with van der Waals surface area (Å²) in [6.45, 7) is 11.1. The fourth-order valence-electron chi connectivity index (χ4n) is 2.19. The molecule has 0 amide bonds. The molecule has 0 bridgehead atoms. The number of nitrogens with one attached hydrogen (secondary N) is 1. The number of aromatic nitrogens is 2. The van der Waals surface area contributed by atoms with Gasteiger partial charge in [-0.25, -0.2) is 0 Å². The van der Waals surface area contributed by atoms with Crippen molar-refractivity contribution in [2.45, 2.75) is 27.3 Å². The van der Waals surface area contributed by atoms with Crippen LogP contribution in [0.5, 0.6) is 0 Å². The second-order valence-electron chi connectivity index (χ2n) is 5.07. The van der Waals surface area contributed by atoms with Crippen LogP contribution in [0.3, 0.4) is 0 Å². The van der Waals surface area contributed by atoms with Crippen LogP contribution >= 0.6 is 0 Å². The first-order valence-electron chi connectivity index (χ1n) is 7.55. The Balaban J connectivity index is 1.83. The summed E-state index contributed by atoms with van der Waals surface area (Å²) in [5.41, 5.74) is 2.15. The van der Waals surface area contributed by atoms with Crippen molar-refractivity contribution < 1.29 is 4.42 Å². The van der Waals surface area contributed by atoms with Gasteiger partial charge in [-0.05, 0) is 32.1 Å². The molecule has 0 radical (unpaired) electrons. The Labute approximate surface area is 126 Å². The number of likely N-dealkylation sites (N-methyl/N-ethyl adjacent to an activating group) is 1. The summed E-state index contributed by atoms with van der Waals surface area (Å²) >= 11 is 0. The Hall–Kier alpha value is -1.72. The van der Waals surface area contributed by atoms with Crippen LogP contribution in [0.4, 0.5) is 0 Å². The van der Waals surface area contributed by atoms with E-state index < -0.39 is 0 Å². The summed E-state index contributed by atoms with van der Waals surface area (Å²) in [6, 6.07) is 8.08. The molecule has 1 N–H and O–H groups in total. The number of hydrogen-bond acceptors (Lipinski definition) is 5. The molecule has 5 nitrogen and oxygen atoms in total. The van der Waals surface area contributed by atoms with Gasteiger partial charge in [0, 0.05) is 18.7 Å². The van der Waals surface area contributed by atoms with Gasteiger partial charge in [0.1, 0.15) is 0 Å². The minimum absolute atomic E-state index is 0.583. The Bertz CT molecular complexity index is 549. The SMILES string of the molecule is CCN(CC)CCNCc1nnc(-c2cccc(C)c2)o1. The molecule has 114 valence electrons. The summed E-state index contributed by atoms with van der Waals surface area (Å²) in [5.74, 6) is 1.21. The molecule has 0 fully saturated rings. The van der Waals surface area contributed by atoms with Gasteiger partial charge in [0.05, 0.1) is 6.54 Å². The van der Waals surface area contributed by atoms with Gasteiger partial charge in [0.15, 0.2) is 0 Å². The minimum Gasteiger partial charge on any atom is -0.419 e. The Morgan fingerprint density at radius 2 is 2.00 bits per heavy atom. The van der Waals surface area contributed by atoms with Gasteiger partial charge < -0.3 is 14.6 Å². The van der Waals surface area contributed by atoms with Gasteiger partial charge in [0.25, 0.3) is 0 Å². The first kappa shape index (κ1) is 15.7. The zero-order valence-corrected chi connectivity index (χ0v) is 13.1. The average Bonchev–Trinajstić information content (AvgIpc) is 2.96. The van der Waals surface area contributed by atoms with Crippen molar-refractivity contribution in [1.29, 1.82) is 0 Å². The lowest BCUT2D eigenvalue weighted by molar-refractivity contribution is 0.300. The molecule has 5 heteroatoms. The van der Waals surface area contributed by atoms with Crippen molar-refractivity contribution in [3.63, 3.8) is 0 Å². The van der Waals surface area contributed by atoms with Gasteiger partial charge in [-0.1, -0.05) is 31.5 Å². The maximum absolute atomic E-state index is 5.69. The van der Waals surface area contributed by atoms with Crippen molar-refractivity contribution in [3.8, 4) is 11.5 Å². The van der Waals surface area contributed by atoms with Gasteiger partial charge in [-0.15, -0.1) is 10.2 Å². The fourth-order valence-corrected chi connectivity index (χ4v) is 2.19. The molecule has 2 aromatic rings. The van der Waals surface area contributed by atoms with Crippen LogP contribution in [0, 0.1) is 6.92 Å². The van der Waals surface area contributed by atoms with Crippen LogP contribution < -0.4 is 5.32 Å². The van der Waals surface area contributed by atoms with Crippen molar-refractivity contribution >= 4 is 0 Å². The van der Waals surface area contributed by atoms with E-state index in [-0.39, 0.29) is 0 Å². The van der Waals surface area contributed by atoms with Crippen LogP contribution in [0.15, 0.2) is 28.7 Å². The van der Waals surface area contributed by atoms with E-state index in [0.29, 0.717) is 18.3 Å². The quantitative estimate of drug-likeness (QED) is 0.756. The molecule has 0 aliphatic heterocycles. The second kappa shape index (κ2) is 7.90. The highest BCUT2D eigenvalue weighted by atomic mass is 16.4. The largest absolute Gasteiger partial charge is 0.419 e. The normalized spacial score (nSPS) is 11.2. The van der Waals surface area contributed by atoms with E-state index >= 15 is 0 Å². The van der Waals surface area contributed by atoms with Crippen molar-refractivity contribution in [2.24, 2.45) is 0 Å². The third-order valence-electron chi connectivity index (χ3n) is 3.51. The summed E-state index contributed by atoms with van der Waals surface area (Å²) in [4.78, 5) is 2.37. The van der Waals surface area contributed by atoms with E-state index in [1.54, 1.807) is 0 Å². The van der Waals surface area contributed by atoms with E-state index in [0.717, 1.165) is 31.7 Å². The lowest BCUT2D eigenvalue weighted by Gasteiger charge is -2.17. The summed E-state index contributed by atoms with van der Waals surface area (Å²) in [6.07, 6.45) is 0. The molecule has 1 aromatic carbocycles. The first-order valence-corrected chi connectivity index (χ1v) is 7.55. The van der Waals surface area contributed by atoms with Crippen molar-refractivity contribution in [3.05, 3.63) is 35.7 Å². The van der Waals surface area contributed by atoms with Crippen molar-refractivity contribution in [2.75, 3.05) is 26.2 Å². The predicted octanol–water partition coefficient (Wildman–Crippen LogP) is 2.48. The fraction of sp³-hybridized carbons (Fsp3) is 0.500. The van der Waals surface area contributed by atoms with Gasteiger partial charge in [-0.3, -0.25) is 0 Å². The van der Waals surface area contributed by atoms with E-state index in [1.165, 1.54) is 5.56 Å². The maximum Gasteiger partial charge on any atom is 0.247 e. The summed E-state index contributed by atoms with van der Waals surface area (Å²) < 4.78 is 5.69. The molecule has 21 heavy (non-hydrogen) atoms. The first-order chi connectivity index (χ1) is 10.2.